The Morgan fingerprint density at radius 1 is 1.29 bits per heavy atom. The lowest BCUT2D eigenvalue weighted by atomic mass is 9.88. The number of hydrogen-bond acceptors (Lipinski definition) is 3. The number of benzene rings is 1. The highest BCUT2D eigenvalue weighted by Crippen LogP contribution is 2.19. The fourth-order valence-corrected chi connectivity index (χ4v) is 2.66. The first kappa shape index (κ1) is 17.7. The van der Waals surface area contributed by atoms with Crippen molar-refractivity contribution in [2.45, 2.75) is 45.6 Å². The molecule has 1 amide bonds. The van der Waals surface area contributed by atoms with E-state index < -0.39 is 10.0 Å². The zero-order valence-electron chi connectivity index (χ0n) is 13.2. The summed E-state index contributed by atoms with van der Waals surface area (Å²) in [6, 6.07) is 6.01. The lowest BCUT2D eigenvalue weighted by Gasteiger charge is -2.28. The smallest absolute Gasteiger partial charge is 0.251 e. The Kier molecular flexibility index (Phi) is 5.53. The summed E-state index contributed by atoms with van der Waals surface area (Å²) in [5.74, 6) is -0.272. The van der Waals surface area contributed by atoms with Crippen LogP contribution in [0.1, 0.15) is 45.0 Å². The lowest BCUT2D eigenvalue weighted by molar-refractivity contribution is 0.0910. The second-order valence-corrected chi connectivity index (χ2v) is 7.86. The minimum Gasteiger partial charge on any atom is -0.349 e. The van der Waals surface area contributed by atoms with Gasteiger partial charge in [0.25, 0.3) is 5.91 Å². The summed E-state index contributed by atoms with van der Waals surface area (Å²) in [5.41, 5.74) is 0.272. The van der Waals surface area contributed by atoms with Crippen LogP contribution in [0.5, 0.6) is 0 Å². The predicted molar refractivity (Wildman–Crippen MR) is 83.7 cm³/mol. The molecule has 118 valence electrons. The fraction of sp³-hybridized carbons (Fsp3) is 0.533. The molecule has 1 unspecified atom stereocenters. The third-order valence-electron chi connectivity index (χ3n) is 3.39. The number of carbonyl (C=O) groups is 1. The van der Waals surface area contributed by atoms with E-state index in [0.29, 0.717) is 12.1 Å². The highest BCUT2D eigenvalue weighted by atomic mass is 32.2. The van der Waals surface area contributed by atoms with E-state index in [4.69, 9.17) is 0 Å². The van der Waals surface area contributed by atoms with Gasteiger partial charge in [-0.05, 0) is 30.5 Å². The van der Waals surface area contributed by atoms with E-state index in [0.717, 1.165) is 0 Å². The predicted octanol–water partition coefficient (Wildman–Crippen LogP) is 2.15. The highest BCUT2D eigenvalue weighted by molar-refractivity contribution is 7.89. The summed E-state index contributed by atoms with van der Waals surface area (Å²) in [5, 5.41) is 2.89. The van der Waals surface area contributed by atoms with Crippen LogP contribution in [0.3, 0.4) is 0 Å². The molecule has 0 saturated heterocycles. The van der Waals surface area contributed by atoms with Gasteiger partial charge in [-0.15, -0.1) is 0 Å². The molecule has 1 atom stereocenters. The van der Waals surface area contributed by atoms with Crippen molar-refractivity contribution in [2.75, 3.05) is 6.54 Å². The summed E-state index contributed by atoms with van der Waals surface area (Å²) in [7, 11) is -3.55. The molecule has 0 saturated carbocycles. The minimum atomic E-state index is -3.55. The van der Waals surface area contributed by atoms with E-state index in [9.17, 15) is 13.2 Å². The maximum Gasteiger partial charge on any atom is 0.251 e. The van der Waals surface area contributed by atoms with Gasteiger partial charge in [-0.25, -0.2) is 13.1 Å². The fourth-order valence-electron chi connectivity index (χ4n) is 1.57. The Morgan fingerprint density at radius 3 is 2.43 bits per heavy atom. The maximum atomic E-state index is 12.2. The topological polar surface area (TPSA) is 75.3 Å². The van der Waals surface area contributed by atoms with Gasteiger partial charge in [-0.2, -0.15) is 0 Å². The Labute approximate surface area is 127 Å². The van der Waals surface area contributed by atoms with Crippen LogP contribution in [0.15, 0.2) is 29.2 Å². The molecule has 0 spiro atoms. The van der Waals surface area contributed by atoms with E-state index in [1.807, 2.05) is 27.7 Å². The van der Waals surface area contributed by atoms with Gasteiger partial charge in [0.15, 0.2) is 0 Å². The zero-order chi connectivity index (χ0) is 16.3. The molecule has 5 nitrogen and oxygen atoms in total. The number of sulfonamides is 1. The molecule has 0 aliphatic heterocycles. The number of rotatable bonds is 5. The second-order valence-electron chi connectivity index (χ2n) is 6.09. The van der Waals surface area contributed by atoms with Crippen molar-refractivity contribution in [1.29, 1.82) is 0 Å². The van der Waals surface area contributed by atoms with Crippen LogP contribution in [-0.2, 0) is 10.0 Å². The van der Waals surface area contributed by atoms with Crippen LogP contribution in [0, 0.1) is 5.41 Å². The van der Waals surface area contributed by atoms with E-state index in [2.05, 4.69) is 10.0 Å². The molecule has 0 heterocycles. The molecule has 0 bridgehead atoms. The van der Waals surface area contributed by atoms with Crippen molar-refractivity contribution in [3.8, 4) is 0 Å². The summed E-state index contributed by atoms with van der Waals surface area (Å²) in [4.78, 5) is 12.3. The van der Waals surface area contributed by atoms with Crippen molar-refractivity contribution in [3.63, 3.8) is 0 Å². The van der Waals surface area contributed by atoms with Gasteiger partial charge in [0.1, 0.15) is 0 Å². The van der Waals surface area contributed by atoms with Gasteiger partial charge in [0.05, 0.1) is 4.90 Å². The molecule has 0 radical (unpaired) electrons. The number of amides is 1. The number of nitrogens with one attached hydrogen (secondary N) is 2. The summed E-state index contributed by atoms with van der Waals surface area (Å²) in [6.07, 6.45) is 0. The van der Waals surface area contributed by atoms with Gasteiger partial charge in [0.2, 0.25) is 10.0 Å². The first-order valence-corrected chi connectivity index (χ1v) is 8.47. The maximum absolute atomic E-state index is 12.2. The number of hydrogen-bond donors (Lipinski definition) is 2. The molecule has 1 rings (SSSR count). The number of carbonyl (C=O) groups excluding carboxylic acids is 1. The van der Waals surface area contributed by atoms with Crippen molar-refractivity contribution >= 4 is 15.9 Å². The molecular weight excluding hydrogens is 288 g/mol. The van der Waals surface area contributed by atoms with E-state index in [1.165, 1.54) is 12.1 Å². The zero-order valence-corrected chi connectivity index (χ0v) is 14.0. The summed E-state index contributed by atoms with van der Waals surface area (Å²) in [6.45, 7) is 10.0. The summed E-state index contributed by atoms with van der Waals surface area (Å²) < 4.78 is 26.3. The third-order valence-corrected chi connectivity index (χ3v) is 4.93. The van der Waals surface area contributed by atoms with Crippen LogP contribution in [0.2, 0.25) is 0 Å². The highest BCUT2D eigenvalue weighted by Gasteiger charge is 2.23. The Morgan fingerprint density at radius 2 is 1.90 bits per heavy atom. The molecule has 1 aromatic carbocycles. The van der Waals surface area contributed by atoms with Gasteiger partial charge in [-0.3, -0.25) is 4.79 Å². The molecule has 6 heteroatoms. The van der Waals surface area contributed by atoms with Gasteiger partial charge in [-0.1, -0.05) is 33.8 Å². The van der Waals surface area contributed by atoms with E-state index >= 15 is 0 Å². The minimum absolute atomic E-state index is 0.0287. The van der Waals surface area contributed by atoms with Crippen molar-refractivity contribution in [3.05, 3.63) is 29.8 Å². The molecule has 1 aromatic rings. The lowest BCUT2D eigenvalue weighted by Crippen LogP contribution is -2.41. The summed E-state index contributed by atoms with van der Waals surface area (Å²) >= 11 is 0. The SMILES string of the molecule is CCNS(=O)(=O)c1cccc(C(=O)NC(C)C(C)(C)C)c1. The quantitative estimate of drug-likeness (QED) is 0.875. The van der Waals surface area contributed by atoms with Crippen LogP contribution < -0.4 is 10.0 Å². The largest absolute Gasteiger partial charge is 0.349 e. The van der Waals surface area contributed by atoms with Gasteiger partial charge in [0, 0.05) is 18.2 Å². The Hall–Kier alpha value is -1.40. The van der Waals surface area contributed by atoms with Crippen LogP contribution in [-0.4, -0.2) is 26.9 Å². The van der Waals surface area contributed by atoms with Crippen LogP contribution >= 0.6 is 0 Å². The standard InChI is InChI=1S/C15H24N2O3S/c1-6-16-21(19,20)13-9-7-8-12(10-13)14(18)17-11(2)15(3,4)5/h7-11,16H,6H2,1-5H3,(H,17,18). The van der Waals surface area contributed by atoms with Crippen LogP contribution in [0.4, 0.5) is 0 Å². The van der Waals surface area contributed by atoms with Crippen molar-refractivity contribution < 1.29 is 13.2 Å². The third kappa shape index (κ3) is 4.82. The molecule has 0 aliphatic carbocycles. The Bertz CT molecular complexity index is 604. The molecule has 21 heavy (non-hydrogen) atoms. The Balaban J connectivity index is 2.98. The molecular formula is C15H24N2O3S. The van der Waals surface area contributed by atoms with E-state index in [1.54, 1.807) is 19.1 Å². The van der Waals surface area contributed by atoms with Gasteiger partial charge >= 0.3 is 0 Å². The van der Waals surface area contributed by atoms with Gasteiger partial charge < -0.3 is 5.32 Å². The van der Waals surface area contributed by atoms with Crippen molar-refractivity contribution in [1.82, 2.24) is 10.0 Å². The molecule has 0 aromatic heterocycles. The normalized spacial score (nSPS) is 13.8. The molecule has 2 N–H and O–H groups in total. The average molecular weight is 312 g/mol. The monoisotopic (exact) mass is 312 g/mol. The second kappa shape index (κ2) is 6.58. The van der Waals surface area contributed by atoms with Crippen LogP contribution in [0.25, 0.3) is 0 Å². The molecule has 0 fully saturated rings. The first-order valence-electron chi connectivity index (χ1n) is 6.98. The van der Waals surface area contributed by atoms with Crippen molar-refractivity contribution in [2.24, 2.45) is 5.41 Å². The average Bonchev–Trinajstić information content (AvgIpc) is 2.37. The first-order chi connectivity index (χ1) is 9.58. The van der Waals surface area contributed by atoms with E-state index in [-0.39, 0.29) is 22.3 Å². The molecule has 0 aliphatic rings.